The van der Waals surface area contributed by atoms with Crippen molar-refractivity contribution in [3.05, 3.63) is 47.1 Å². The summed E-state index contributed by atoms with van der Waals surface area (Å²) in [6.45, 7) is 3.18. The molecule has 0 radical (unpaired) electrons. The number of hydrogen-bond acceptors (Lipinski definition) is 5. The Bertz CT molecular complexity index is 743. The van der Waals surface area contributed by atoms with Gasteiger partial charge in [-0.2, -0.15) is 4.98 Å². The first-order valence-electron chi connectivity index (χ1n) is 8.51. The van der Waals surface area contributed by atoms with Gasteiger partial charge in [0.05, 0.1) is 25.2 Å². The Kier molecular flexibility index (Phi) is 4.06. The van der Waals surface area contributed by atoms with Crippen molar-refractivity contribution in [1.82, 2.24) is 15.0 Å². The van der Waals surface area contributed by atoms with Gasteiger partial charge >= 0.3 is 0 Å². The Morgan fingerprint density at radius 1 is 1.38 bits per heavy atom. The second-order valence-electron chi connectivity index (χ2n) is 6.43. The number of benzene rings is 1. The molecular weight excluding hydrogens is 306 g/mol. The van der Waals surface area contributed by atoms with E-state index in [0.717, 1.165) is 31.4 Å². The maximum absolute atomic E-state index is 12.9. The third kappa shape index (κ3) is 2.82. The molecule has 0 bridgehead atoms. The first-order chi connectivity index (χ1) is 11.7. The molecule has 4 rings (SSSR count). The molecule has 3 heterocycles. The van der Waals surface area contributed by atoms with Crippen molar-refractivity contribution in [2.75, 3.05) is 13.2 Å². The fourth-order valence-electron chi connectivity index (χ4n) is 3.71. The summed E-state index contributed by atoms with van der Waals surface area (Å²) in [5.41, 5.74) is 2.43. The van der Waals surface area contributed by atoms with Gasteiger partial charge in [-0.15, -0.1) is 0 Å². The highest BCUT2D eigenvalue weighted by molar-refractivity contribution is 5.77. The molecule has 2 aliphatic heterocycles. The van der Waals surface area contributed by atoms with Crippen molar-refractivity contribution in [3.8, 4) is 0 Å². The summed E-state index contributed by atoms with van der Waals surface area (Å²) in [6, 6.07) is 8.16. The van der Waals surface area contributed by atoms with Crippen LogP contribution in [0.4, 0.5) is 0 Å². The molecule has 24 heavy (non-hydrogen) atoms. The molecule has 0 N–H and O–H groups in total. The Balaban J connectivity index is 1.50. The van der Waals surface area contributed by atoms with Crippen molar-refractivity contribution < 1.29 is 14.1 Å². The number of rotatable bonds is 3. The first kappa shape index (κ1) is 15.3. The molecule has 1 fully saturated rings. The van der Waals surface area contributed by atoms with Crippen LogP contribution in [0.15, 0.2) is 28.8 Å². The van der Waals surface area contributed by atoms with E-state index < -0.39 is 0 Å². The summed E-state index contributed by atoms with van der Waals surface area (Å²) < 4.78 is 11.0. The van der Waals surface area contributed by atoms with E-state index in [0.29, 0.717) is 24.7 Å². The van der Waals surface area contributed by atoms with Gasteiger partial charge in [-0.3, -0.25) is 4.79 Å². The van der Waals surface area contributed by atoms with E-state index in [2.05, 4.69) is 22.3 Å². The molecule has 6 nitrogen and oxygen atoms in total. The van der Waals surface area contributed by atoms with E-state index >= 15 is 0 Å². The van der Waals surface area contributed by atoms with Gasteiger partial charge in [-0.05, 0) is 30.4 Å². The molecule has 2 aliphatic rings. The lowest BCUT2D eigenvalue weighted by atomic mass is 9.95. The van der Waals surface area contributed by atoms with Gasteiger partial charge < -0.3 is 14.2 Å². The number of nitrogens with zero attached hydrogens (tertiary/aromatic N) is 3. The standard InChI is InChI=1S/C18H21N3O3/c1-12-19-18(20-24-12)15-7-4-9-21(15)17(22)11-16-14-6-3-2-5-13(14)8-10-23-16/h2-3,5-6,15-16H,4,7-11H2,1H3/t15-,16+/m1/s1. The molecule has 1 aromatic heterocycles. The largest absolute Gasteiger partial charge is 0.373 e. The van der Waals surface area contributed by atoms with Gasteiger partial charge in [0.25, 0.3) is 0 Å². The Hall–Kier alpha value is -2.21. The van der Waals surface area contributed by atoms with E-state index in [9.17, 15) is 4.79 Å². The molecule has 2 aromatic rings. The van der Waals surface area contributed by atoms with Crippen LogP contribution in [0.2, 0.25) is 0 Å². The molecule has 2 atom stereocenters. The number of hydrogen-bond donors (Lipinski definition) is 0. The van der Waals surface area contributed by atoms with Gasteiger partial charge in [-0.1, -0.05) is 29.4 Å². The summed E-state index contributed by atoms with van der Waals surface area (Å²) in [5.74, 6) is 1.25. The van der Waals surface area contributed by atoms with Gasteiger partial charge in [0, 0.05) is 13.5 Å². The number of carbonyl (C=O) groups excluding carboxylic acids is 1. The van der Waals surface area contributed by atoms with E-state index in [4.69, 9.17) is 9.26 Å². The molecule has 1 saturated heterocycles. The van der Waals surface area contributed by atoms with E-state index in [1.807, 2.05) is 17.0 Å². The molecule has 6 heteroatoms. The molecule has 0 aliphatic carbocycles. The third-order valence-corrected chi connectivity index (χ3v) is 4.87. The number of fused-ring (bicyclic) bond motifs is 1. The average molecular weight is 327 g/mol. The van der Waals surface area contributed by atoms with Crippen LogP contribution >= 0.6 is 0 Å². The summed E-state index contributed by atoms with van der Waals surface area (Å²) in [4.78, 5) is 19.1. The van der Waals surface area contributed by atoms with Crippen LogP contribution in [0.25, 0.3) is 0 Å². The smallest absolute Gasteiger partial charge is 0.226 e. The lowest BCUT2D eigenvalue weighted by Gasteiger charge is -2.29. The number of amides is 1. The number of aromatic nitrogens is 2. The van der Waals surface area contributed by atoms with Crippen molar-refractivity contribution in [2.45, 2.75) is 44.8 Å². The predicted molar refractivity (Wildman–Crippen MR) is 86.2 cm³/mol. The lowest BCUT2D eigenvalue weighted by Crippen LogP contribution is -2.33. The number of likely N-dealkylation sites (tertiary alicyclic amines) is 1. The van der Waals surface area contributed by atoms with Gasteiger partial charge in [0.15, 0.2) is 5.82 Å². The number of ether oxygens (including phenoxy) is 1. The molecule has 0 saturated carbocycles. The van der Waals surface area contributed by atoms with Crippen LogP contribution in [0.5, 0.6) is 0 Å². The third-order valence-electron chi connectivity index (χ3n) is 4.87. The Morgan fingerprint density at radius 2 is 2.25 bits per heavy atom. The molecule has 1 aromatic carbocycles. The SMILES string of the molecule is Cc1nc([C@H]2CCCN2C(=O)C[C@@H]2OCCc3ccccc32)no1. The molecular formula is C18H21N3O3. The van der Waals surface area contributed by atoms with Gasteiger partial charge in [0.1, 0.15) is 0 Å². The second-order valence-corrected chi connectivity index (χ2v) is 6.43. The van der Waals surface area contributed by atoms with Crippen molar-refractivity contribution in [1.29, 1.82) is 0 Å². The quantitative estimate of drug-likeness (QED) is 0.867. The second kappa shape index (κ2) is 6.36. The molecule has 0 spiro atoms. The summed E-state index contributed by atoms with van der Waals surface area (Å²) in [7, 11) is 0. The topological polar surface area (TPSA) is 68.5 Å². The highest BCUT2D eigenvalue weighted by Gasteiger charge is 2.35. The van der Waals surface area contributed by atoms with Crippen LogP contribution in [-0.4, -0.2) is 34.1 Å². The Labute approximate surface area is 140 Å². The zero-order valence-corrected chi connectivity index (χ0v) is 13.8. The van der Waals surface area contributed by atoms with Crippen LogP contribution in [0.1, 0.15) is 54.3 Å². The first-order valence-corrected chi connectivity index (χ1v) is 8.51. The van der Waals surface area contributed by atoms with E-state index in [-0.39, 0.29) is 18.1 Å². The molecule has 0 unspecified atom stereocenters. The van der Waals surface area contributed by atoms with Crippen LogP contribution in [-0.2, 0) is 16.0 Å². The highest BCUT2D eigenvalue weighted by Crippen LogP contribution is 2.34. The highest BCUT2D eigenvalue weighted by atomic mass is 16.5. The van der Waals surface area contributed by atoms with Crippen LogP contribution < -0.4 is 0 Å². The molecule has 1 amide bonds. The average Bonchev–Trinajstić information content (AvgIpc) is 3.24. The minimum absolute atomic E-state index is 0.0752. The maximum Gasteiger partial charge on any atom is 0.226 e. The summed E-state index contributed by atoms with van der Waals surface area (Å²) in [5, 5.41) is 4.00. The maximum atomic E-state index is 12.9. The summed E-state index contributed by atoms with van der Waals surface area (Å²) in [6.07, 6.45) is 2.97. The summed E-state index contributed by atoms with van der Waals surface area (Å²) >= 11 is 0. The normalized spacial score (nSPS) is 23.3. The van der Waals surface area contributed by atoms with E-state index in [1.54, 1.807) is 6.92 Å². The minimum Gasteiger partial charge on any atom is -0.373 e. The van der Waals surface area contributed by atoms with Crippen molar-refractivity contribution in [3.63, 3.8) is 0 Å². The zero-order chi connectivity index (χ0) is 16.5. The van der Waals surface area contributed by atoms with Gasteiger partial charge in [-0.25, -0.2) is 0 Å². The lowest BCUT2D eigenvalue weighted by molar-refractivity contribution is -0.135. The zero-order valence-electron chi connectivity index (χ0n) is 13.8. The minimum atomic E-state index is -0.157. The fraction of sp³-hybridized carbons (Fsp3) is 0.500. The van der Waals surface area contributed by atoms with Crippen LogP contribution in [0.3, 0.4) is 0 Å². The monoisotopic (exact) mass is 327 g/mol. The van der Waals surface area contributed by atoms with Crippen LogP contribution in [0, 0.1) is 6.92 Å². The predicted octanol–water partition coefficient (Wildman–Crippen LogP) is 2.75. The Morgan fingerprint density at radius 3 is 3.08 bits per heavy atom. The molecule has 126 valence electrons. The van der Waals surface area contributed by atoms with Gasteiger partial charge in [0.2, 0.25) is 11.8 Å². The van der Waals surface area contributed by atoms with Crippen molar-refractivity contribution in [2.24, 2.45) is 0 Å². The van der Waals surface area contributed by atoms with E-state index in [1.165, 1.54) is 5.56 Å². The number of aryl methyl sites for hydroxylation is 1. The fourth-order valence-corrected chi connectivity index (χ4v) is 3.71. The number of carbonyl (C=O) groups is 1. The van der Waals surface area contributed by atoms with Crippen molar-refractivity contribution >= 4 is 5.91 Å².